The van der Waals surface area contributed by atoms with E-state index in [0.29, 0.717) is 26.2 Å². The molecule has 0 aromatic carbocycles. The predicted molar refractivity (Wildman–Crippen MR) is 99.5 cm³/mol. The molecule has 23 heavy (non-hydrogen) atoms. The van der Waals surface area contributed by atoms with E-state index < -0.39 is 8.80 Å². The fraction of sp³-hybridized carbons (Fsp3) is 0.375. The van der Waals surface area contributed by atoms with E-state index in [9.17, 15) is 0 Å². The smallest absolute Gasteiger partial charge is 0.0891 e. The Morgan fingerprint density at radius 3 is 2.00 bits per heavy atom. The summed E-state index contributed by atoms with van der Waals surface area (Å²) in [5.41, 5.74) is 2.72. The van der Waals surface area contributed by atoms with Gasteiger partial charge in [0.25, 0.3) is 0 Å². The van der Waals surface area contributed by atoms with Gasteiger partial charge in [0.2, 0.25) is 0 Å². The van der Waals surface area contributed by atoms with Crippen molar-refractivity contribution in [3.8, 4) is 11.4 Å². The Balaban J connectivity index is 0.00000264. The third-order valence-corrected chi connectivity index (χ3v) is 9.05. The summed E-state index contributed by atoms with van der Waals surface area (Å²) in [7, 11) is -1.38. The van der Waals surface area contributed by atoms with Crippen molar-refractivity contribution in [2.45, 2.75) is 38.8 Å². The fourth-order valence-corrected chi connectivity index (χ4v) is 7.67. The van der Waals surface area contributed by atoms with Crippen molar-refractivity contribution < 1.29 is 16.5 Å². The Kier molecular flexibility index (Phi) is 8.03. The molecule has 0 saturated carbocycles. The average Bonchev–Trinajstić information content (AvgIpc) is 2.44. The van der Waals surface area contributed by atoms with Crippen molar-refractivity contribution in [3.05, 3.63) is 39.6 Å². The molecule has 0 aliphatic carbocycles. The molecule has 0 aliphatic heterocycles. The molecule has 2 rings (SSSR count). The van der Waals surface area contributed by atoms with Gasteiger partial charge in [0, 0.05) is 28.9 Å². The average molecular weight is 432 g/mol. The Hall–Kier alpha value is -0.120. The zero-order chi connectivity index (χ0) is 16.4. The number of hydrogen-bond donors (Lipinski definition) is 0. The first-order valence-electron chi connectivity index (χ1n) is 7.28. The first kappa shape index (κ1) is 20.9. The first-order valence-corrected chi connectivity index (χ1v) is 10.3. The molecule has 0 fully saturated rings. The summed E-state index contributed by atoms with van der Waals surface area (Å²) in [5, 5.41) is 2.84. The Morgan fingerprint density at radius 1 is 0.913 bits per heavy atom. The molecule has 0 saturated heterocycles. The van der Waals surface area contributed by atoms with Gasteiger partial charge in [0.05, 0.1) is 35.3 Å². The maximum absolute atomic E-state index is 6.57. The first-order chi connectivity index (χ1) is 10.3. The second kappa shape index (κ2) is 8.82. The van der Waals surface area contributed by atoms with Gasteiger partial charge in [-0.3, -0.25) is 9.97 Å². The van der Waals surface area contributed by atoms with Crippen LogP contribution in [0.2, 0.25) is 26.2 Å². The van der Waals surface area contributed by atoms with Crippen LogP contribution in [0.25, 0.3) is 11.4 Å². The summed E-state index contributed by atoms with van der Waals surface area (Å²) in [4.78, 5) is 8.94. The number of rotatable bonds is 4. The fourth-order valence-electron chi connectivity index (χ4n) is 2.94. The van der Waals surface area contributed by atoms with E-state index in [1.807, 2.05) is 12.1 Å². The molecule has 0 aliphatic rings. The van der Waals surface area contributed by atoms with Crippen LogP contribution in [0.1, 0.15) is 27.7 Å². The Morgan fingerprint density at radius 2 is 1.52 bits per heavy atom. The molecular weight excluding hydrogens is 413 g/mol. The number of nitrogens with zero attached hydrogens (tertiary/aromatic N) is 2. The molecule has 2 heterocycles. The molecule has 2 aromatic heterocycles. The van der Waals surface area contributed by atoms with E-state index in [1.54, 1.807) is 12.4 Å². The normalized spacial score (nSPS) is 11.2. The van der Waals surface area contributed by atoms with Gasteiger partial charge in [-0.25, -0.2) is 0 Å². The van der Waals surface area contributed by atoms with E-state index in [0.717, 1.165) is 16.6 Å². The summed E-state index contributed by atoms with van der Waals surface area (Å²) in [6.07, 6.45) is 3.23. The third kappa shape index (κ3) is 4.70. The van der Waals surface area contributed by atoms with Gasteiger partial charge >= 0.3 is 0 Å². The second-order valence-corrected chi connectivity index (χ2v) is 11.6. The van der Waals surface area contributed by atoms with Gasteiger partial charge < -0.3 is 0 Å². The van der Waals surface area contributed by atoms with Gasteiger partial charge in [-0.1, -0.05) is 62.5 Å². The van der Waals surface area contributed by atoms with Crippen LogP contribution in [0.15, 0.2) is 24.5 Å². The zero-order valence-electron chi connectivity index (χ0n) is 13.4. The van der Waals surface area contributed by atoms with Crippen molar-refractivity contribution in [2.75, 3.05) is 0 Å². The van der Waals surface area contributed by atoms with Crippen LogP contribution in [-0.2, 0) is 16.5 Å². The van der Waals surface area contributed by atoms with E-state index in [-0.39, 0.29) is 16.5 Å². The van der Waals surface area contributed by atoms with Crippen molar-refractivity contribution in [2.24, 2.45) is 0 Å². The van der Waals surface area contributed by atoms with Crippen LogP contribution in [0.3, 0.4) is 0 Å². The van der Waals surface area contributed by atoms with Gasteiger partial charge in [0.15, 0.2) is 0 Å². The molecular formula is C16H19Cl3N2NiSi. The summed E-state index contributed by atoms with van der Waals surface area (Å²) in [5.74, 6) is 0. The van der Waals surface area contributed by atoms with Gasteiger partial charge in [-0.2, -0.15) is 0 Å². The van der Waals surface area contributed by atoms with E-state index in [2.05, 4.69) is 37.7 Å². The third-order valence-electron chi connectivity index (χ3n) is 3.75. The maximum atomic E-state index is 6.57. The Labute approximate surface area is 164 Å². The number of halogens is 3. The number of aromatic nitrogens is 2. The zero-order valence-corrected chi connectivity index (χ0v) is 17.8. The minimum absolute atomic E-state index is 0. The number of hydrogen-bond acceptors (Lipinski definition) is 2. The largest absolute Gasteiger partial charge is 0.253 e. The van der Waals surface area contributed by atoms with E-state index in [1.165, 1.54) is 0 Å². The molecule has 2 aromatic rings. The minimum Gasteiger partial charge on any atom is -0.253 e. The van der Waals surface area contributed by atoms with E-state index in [4.69, 9.17) is 34.8 Å². The predicted octanol–water partition coefficient (Wildman–Crippen LogP) is 5.36. The van der Waals surface area contributed by atoms with Crippen molar-refractivity contribution in [3.63, 3.8) is 0 Å². The summed E-state index contributed by atoms with van der Waals surface area (Å²) >= 11 is 18.7. The van der Waals surface area contributed by atoms with Crippen molar-refractivity contribution in [1.29, 1.82) is 0 Å². The molecule has 0 amide bonds. The van der Waals surface area contributed by atoms with Crippen LogP contribution in [-0.4, -0.2) is 18.8 Å². The van der Waals surface area contributed by atoms with Crippen molar-refractivity contribution >= 4 is 48.8 Å². The molecule has 0 bridgehead atoms. The van der Waals surface area contributed by atoms with Crippen LogP contribution in [0.5, 0.6) is 0 Å². The standard InChI is InChI=1S/C16H19Cl3N2Si.Ni/c1-9(2)22(10(3)4)16-14(19)12(18)8-21-15(16)13-6-5-11(17)7-20-13;/h5-10,22H,1-4H3;. The molecule has 0 unspecified atom stereocenters. The van der Waals surface area contributed by atoms with Crippen molar-refractivity contribution in [1.82, 2.24) is 9.97 Å². The maximum Gasteiger partial charge on any atom is 0.0891 e. The molecule has 128 valence electrons. The molecule has 2 nitrogen and oxygen atoms in total. The van der Waals surface area contributed by atoms with Crippen LogP contribution in [0.4, 0.5) is 0 Å². The molecule has 0 N–H and O–H groups in total. The van der Waals surface area contributed by atoms with Gasteiger partial charge in [0.1, 0.15) is 0 Å². The monoisotopic (exact) mass is 430 g/mol. The summed E-state index contributed by atoms with van der Waals surface area (Å²) in [6, 6.07) is 3.70. The summed E-state index contributed by atoms with van der Waals surface area (Å²) in [6.45, 7) is 8.97. The van der Waals surface area contributed by atoms with Crippen LogP contribution in [0, 0.1) is 0 Å². The molecule has 0 atom stereocenters. The molecule has 7 heteroatoms. The topological polar surface area (TPSA) is 25.8 Å². The number of pyridine rings is 2. The van der Waals surface area contributed by atoms with Gasteiger partial charge in [-0.05, 0) is 28.4 Å². The van der Waals surface area contributed by atoms with Gasteiger partial charge in [-0.15, -0.1) is 0 Å². The summed E-state index contributed by atoms with van der Waals surface area (Å²) < 4.78 is 0. The SMILES string of the molecule is CC(C)[SiH](c1c(-c2ccc(Cl)cn2)ncc(Cl)c1Cl)C(C)C.[Ni]. The van der Waals surface area contributed by atoms with E-state index >= 15 is 0 Å². The molecule has 0 radical (unpaired) electrons. The second-order valence-electron chi connectivity index (χ2n) is 6.06. The molecule has 0 spiro atoms. The Bertz CT molecular complexity index is 655. The quantitative estimate of drug-likeness (QED) is 0.609. The van der Waals surface area contributed by atoms with Crippen LogP contribution >= 0.6 is 34.8 Å². The minimum atomic E-state index is -1.38. The van der Waals surface area contributed by atoms with Crippen LogP contribution < -0.4 is 5.19 Å².